The van der Waals surface area contributed by atoms with E-state index in [0.717, 1.165) is 4.68 Å². The summed E-state index contributed by atoms with van der Waals surface area (Å²) in [5.41, 5.74) is -0.180. The molecule has 9 heteroatoms. The smallest absolute Gasteiger partial charge is 0.398 e. The largest absolute Gasteiger partial charge is 0.438 e. The van der Waals surface area contributed by atoms with E-state index in [-0.39, 0.29) is 18.3 Å². The zero-order valence-electron chi connectivity index (χ0n) is 10.4. The molecule has 1 fully saturated rings. The van der Waals surface area contributed by atoms with Crippen LogP contribution in [0.3, 0.4) is 0 Å². The van der Waals surface area contributed by atoms with Gasteiger partial charge in [-0.2, -0.15) is 9.94 Å². The third-order valence-corrected chi connectivity index (χ3v) is 2.53. The van der Waals surface area contributed by atoms with Gasteiger partial charge in [0.2, 0.25) is 5.71 Å². The predicted octanol–water partition coefficient (Wildman–Crippen LogP) is -1.000. The van der Waals surface area contributed by atoms with Crippen molar-refractivity contribution >= 4 is 5.71 Å². The van der Waals surface area contributed by atoms with Gasteiger partial charge < -0.3 is 14.0 Å². The number of morpholine rings is 1. The number of hydrogen-bond acceptors (Lipinski definition) is 8. The molecule has 9 nitrogen and oxygen atoms in total. The fourth-order valence-corrected chi connectivity index (χ4v) is 1.62. The van der Waals surface area contributed by atoms with Crippen molar-refractivity contribution < 1.29 is 14.0 Å². The van der Waals surface area contributed by atoms with Crippen LogP contribution >= 0.6 is 0 Å². The lowest BCUT2D eigenvalue weighted by atomic mass is 10.4. The highest BCUT2D eigenvalue weighted by Gasteiger charge is 2.18. The number of nitrogens with zero attached hydrogens (tertiary/aromatic N) is 5. The molecule has 0 amide bonds. The molecule has 0 N–H and O–H groups in total. The summed E-state index contributed by atoms with van der Waals surface area (Å²) in [6, 6.07) is 1.75. The van der Waals surface area contributed by atoms with Crippen molar-refractivity contribution in [2.45, 2.75) is 6.67 Å². The normalized spacial score (nSPS) is 17.2. The van der Waals surface area contributed by atoms with Crippen molar-refractivity contribution in [2.24, 2.45) is 5.16 Å². The van der Waals surface area contributed by atoms with E-state index in [1.165, 1.54) is 7.11 Å². The molecule has 1 aliphatic rings. The topological polar surface area (TPSA) is 106 Å². The van der Waals surface area contributed by atoms with E-state index in [4.69, 9.17) is 14.4 Å². The van der Waals surface area contributed by atoms with Crippen molar-refractivity contribution in [2.75, 3.05) is 33.4 Å². The summed E-state index contributed by atoms with van der Waals surface area (Å²) in [5.74, 6) is -0.789. The van der Waals surface area contributed by atoms with Crippen LogP contribution in [0.2, 0.25) is 0 Å². The van der Waals surface area contributed by atoms with E-state index in [1.807, 2.05) is 4.90 Å². The minimum absolute atomic E-state index is 0.150. The molecule has 19 heavy (non-hydrogen) atoms. The fraction of sp³-hybridized carbons (Fsp3) is 0.600. The van der Waals surface area contributed by atoms with Crippen molar-refractivity contribution in [3.05, 3.63) is 16.4 Å². The summed E-state index contributed by atoms with van der Waals surface area (Å²) in [6.07, 6.45) is 0. The number of ether oxygens (including phenoxy) is 1. The molecular formula is C10H13N5O4. The number of aromatic nitrogens is 2. The average Bonchev–Trinajstić information content (AvgIpc) is 2.78. The first-order chi connectivity index (χ1) is 9.24. The maximum atomic E-state index is 11.6. The zero-order valence-corrected chi connectivity index (χ0v) is 10.4. The van der Waals surface area contributed by atoms with Gasteiger partial charge in [-0.3, -0.25) is 4.90 Å². The zero-order chi connectivity index (χ0) is 13.7. The van der Waals surface area contributed by atoms with Crippen LogP contribution in [-0.2, 0) is 16.2 Å². The first-order valence-electron chi connectivity index (χ1n) is 5.64. The van der Waals surface area contributed by atoms with Crippen molar-refractivity contribution in [3.8, 4) is 6.07 Å². The van der Waals surface area contributed by atoms with E-state index in [1.54, 1.807) is 6.07 Å². The molecule has 0 aromatic carbocycles. The van der Waals surface area contributed by atoms with Gasteiger partial charge in [-0.25, -0.2) is 4.79 Å². The van der Waals surface area contributed by atoms with E-state index >= 15 is 0 Å². The van der Waals surface area contributed by atoms with Gasteiger partial charge >= 0.3 is 5.76 Å². The molecule has 0 radical (unpaired) electrons. The third-order valence-electron chi connectivity index (χ3n) is 2.53. The van der Waals surface area contributed by atoms with Crippen LogP contribution in [0.4, 0.5) is 0 Å². The number of hydrogen-bond donors (Lipinski definition) is 0. The lowest BCUT2D eigenvalue weighted by Crippen LogP contribution is -2.39. The van der Waals surface area contributed by atoms with Crippen LogP contribution in [0, 0.1) is 11.3 Å². The quantitative estimate of drug-likeness (QED) is 0.508. The molecule has 1 aromatic heterocycles. The van der Waals surface area contributed by atoms with Gasteiger partial charge in [-0.15, -0.1) is 5.10 Å². The van der Waals surface area contributed by atoms with Crippen LogP contribution < -0.4 is 5.76 Å². The maximum Gasteiger partial charge on any atom is 0.438 e. The number of nitriles is 1. The molecular weight excluding hydrogens is 254 g/mol. The molecule has 1 saturated heterocycles. The molecule has 102 valence electrons. The molecule has 0 saturated carbocycles. The average molecular weight is 267 g/mol. The van der Waals surface area contributed by atoms with Gasteiger partial charge in [0.1, 0.15) is 19.8 Å². The minimum Gasteiger partial charge on any atom is -0.398 e. The summed E-state index contributed by atoms with van der Waals surface area (Å²) >= 11 is 0. The van der Waals surface area contributed by atoms with E-state index in [2.05, 4.69) is 15.1 Å². The monoisotopic (exact) mass is 267 g/mol. The highest BCUT2D eigenvalue weighted by Crippen LogP contribution is 2.00. The highest BCUT2D eigenvalue weighted by atomic mass is 16.6. The Morgan fingerprint density at radius 2 is 2.32 bits per heavy atom. The summed E-state index contributed by atoms with van der Waals surface area (Å²) in [7, 11) is 1.29. The van der Waals surface area contributed by atoms with Gasteiger partial charge in [0.05, 0.1) is 13.2 Å². The molecule has 0 atom stereocenters. The minimum atomic E-state index is -0.638. The maximum absolute atomic E-state index is 11.6. The van der Waals surface area contributed by atoms with Gasteiger partial charge in [0, 0.05) is 13.1 Å². The van der Waals surface area contributed by atoms with Gasteiger partial charge in [0.25, 0.3) is 5.89 Å². The van der Waals surface area contributed by atoms with E-state index < -0.39 is 5.76 Å². The Bertz CT molecular complexity index is 549. The molecule has 1 aliphatic heterocycles. The Morgan fingerprint density at radius 3 is 2.95 bits per heavy atom. The molecule has 0 aliphatic carbocycles. The Kier molecular flexibility index (Phi) is 4.27. The Balaban J connectivity index is 2.14. The second kappa shape index (κ2) is 6.12. The second-order valence-corrected chi connectivity index (χ2v) is 3.78. The Hall–Kier alpha value is -2.18. The molecule has 2 heterocycles. The van der Waals surface area contributed by atoms with Crippen LogP contribution in [0.15, 0.2) is 14.4 Å². The molecule has 0 spiro atoms. The molecule has 0 bridgehead atoms. The Morgan fingerprint density at radius 1 is 1.58 bits per heavy atom. The predicted molar refractivity (Wildman–Crippen MR) is 62.3 cm³/mol. The number of oxime groups is 1. The standard InChI is InChI=1S/C10H13N5O4/c1-17-13-8(6-11)9-12-15(10(16)19-9)7-14-2-4-18-5-3-14/h2-5,7H2,1H3/b13-8+. The lowest BCUT2D eigenvalue weighted by Gasteiger charge is -2.25. The molecule has 0 unspecified atom stereocenters. The van der Waals surface area contributed by atoms with Crippen LogP contribution in [0.25, 0.3) is 0 Å². The van der Waals surface area contributed by atoms with Crippen molar-refractivity contribution in [3.63, 3.8) is 0 Å². The first kappa shape index (κ1) is 13.3. The van der Waals surface area contributed by atoms with Crippen LogP contribution in [0.1, 0.15) is 5.89 Å². The van der Waals surface area contributed by atoms with Crippen LogP contribution in [0.5, 0.6) is 0 Å². The van der Waals surface area contributed by atoms with E-state index in [9.17, 15) is 4.79 Å². The highest BCUT2D eigenvalue weighted by molar-refractivity contribution is 6.08. The van der Waals surface area contributed by atoms with Crippen molar-refractivity contribution in [1.82, 2.24) is 14.7 Å². The van der Waals surface area contributed by atoms with Crippen molar-refractivity contribution in [1.29, 1.82) is 5.26 Å². The van der Waals surface area contributed by atoms with Gasteiger partial charge in [-0.1, -0.05) is 5.16 Å². The summed E-state index contributed by atoms with van der Waals surface area (Å²) in [5, 5.41) is 16.2. The molecule has 1 aromatic rings. The summed E-state index contributed by atoms with van der Waals surface area (Å²) in [6.45, 7) is 2.96. The summed E-state index contributed by atoms with van der Waals surface area (Å²) < 4.78 is 11.2. The van der Waals surface area contributed by atoms with Gasteiger partial charge in [-0.05, 0) is 0 Å². The SMILES string of the molecule is CO/N=C(\C#N)c1nn(CN2CCOCC2)c(=O)o1. The van der Waals surface area contributed by atoms with Crippen LogP contribution in [-0.4, -0.2) is 53.8 Å². The van der Waals surface area contributed by atoms with Gasteiger partial charge in [0.15, 0.2) is 0 Å². The lowest BCUT2D eigenvalue weighted by molar-refractivity contribution is 0.0202. The number of rotatable bonds is 4. The fourth-order valence-electron chi connectivity index (χ4n) is 1.62. The first-order valence-corrected chi connectivity index (χ1v) is 5.64. The Labute approximate surface area is 108 Å². The second-order valence-electron chi connectivity index (χ2n) is 3.78. The third kappa shape index (κ3) is 3.18. The molecule has 2 rings (SSSR count). The summed E-state index contributed by atoms with van der Waals surface area (Å²) in [4.78, 5) is 18.1. The van der Waals surface area contributed by atoms with E-state index in [0.29, 0.717) is 26.3 Å².